The predicted molar refractivity (Wildman–Crippen MR) is 125 cm³/mol. The molecule has 1 aromatic rings. The third kappa shape index (κ3) is 5.60. The molecule has 156 valence electrons. The molecule has 4 rings (SSSR count). The molecule has 0 aliphatic carbocycles. The van der Waals surface area contributed by atoms with E-state index in [4.69, 9.17) is 4.74 Å². The predicted octanol–water partition coefficient (Wildman–Crippen LogP) is 3.67. The molecule has 2 N–H and O–H groups in total. The van der Waals surface area contributed by atoms with Gasteiger partial charge in [-0.2, -0.15) is 0 Å². The number of nitrogens with one attached hydrogen (secondary N) is 2. The van der Waals surface area contributed by atoms with Gasteiger partial charge in [-0.1, -0.05) is 37.1 Å². The lowest BCUT2D eigenvalue weighted by molar-refractivity contribution is 0.0992. The van der Waals surface area contributed by atoms with Crippen molar-refractivity contribution in [2.45, 2.75) is 76.3 Å². The summed E-state index contributed by atoms with van der Waals surface area (Å²) in [5.74, 6) is 0.890. The van der Waals surface area contributed by atoms with Crippen molar-refractivity contribution in [3.63, 3.8) is 0 Å². The van der Waals surface area contributed by atoms with Crippen molar-refractivity contribution < 1.29 is 4.74 Å². The monoisotopic (exact) mass is 498 g/mol. The Hall–Kier alpha value is -0.860. The molecule has 0 spiro atoms. The van der Waals surface area contributed by atoms with Gasteiger partial charge in [0.25, 0.3) is 0 Å². The zero-order valence-electron chi connectivity index (χ0n) is 17.0. The van der Waals surface area contributed by atoms with E-state index in [9.17, 15) is 0 Å². The Labute approximate surface area is 186 Å². The lowest BCUT2D eigenvalue weighted by Crippen LogP contribution is -2.47. The Morgan fingerprint density at radius 2 is 1.86 bits per heavy atom. The minimum Gasteiger partial charge on any atom is -0.373 e. The van der Waals surface area contributed by atoms with Crippen molar-refractivity contribution in [1.29, 1.82) is 0 Å². The third-order valence-electron chi connectivity index (χ3n) is 6.31. The maximum Gasteiger partial charge on any atom is 0.191 e. The first-order valence-electron chi connectivity index (χ1n) is 10.7. The van der Waals surface area contributed by atoms with E-state index in [1.54, 1.807) is 0 Å². The largest absolute Gasteiger partial charge is 0.373 e. The van der Waals surface area contributed by atoms with E-state index in [1.165, 1.54) is 62.7 Å². The molecule has 0 amide bonds. The van der Waals surface area contributed by atoms with Crippen molar-refractivity contribution in [2.75, 3.05) is 20.1 Å². The average Bonchev–Trinajstić information content (AvgIpc) is 3.22. The van der Waals surface area contributed by atoms with E-state index in [2.05, 4.69) is 44.8 Å². The first-order valence-corrected chi connectivity index (χ1v) is 10.7. The molecule has 3 aliphatic heterocycles. The molecule has 3 saturated heterocycles. The number of ether oxygens (including phenoxy) is 1. The number of likely N-dealkylation sites (tertiary alicyclic amines) is 1. The second kappa shape index (κ2) is 10.8. The number of guanidine groups is 1. The van der Waals surface area contributed by atoms with Gasteiger partial charge in [-0.25, -0.2) is 0 Å². The maximum absolute atomic E-state index is 5.96. The Morgan fingerprint density at radius 1 is 1.11 bits per heavy atom. The van der Waals surface area contributed by atoms with Crippen molar-refractivity contribution in [3.8, 4) is 0 Å². The summed E-state index contributed by atoms with van der Waals surface area (Å²) in [5.41, 5.74) is 2.81. The first-order chi connectivity index (χ1) is 13.3. The third-order valence-corrected chi connectivity index (χ3v) is 6.31. The van der Waals surface area contributed by atoms with E-state index in [-0.39, 0.29) is 24.0 Å². The van der Waals surface area contributed by atoms with Crippen LogP contribution in [0.1, 0.15) is 56.1 Å². The molecule has 3 unspecified atom stereocenters. The minimum absolute atomic E-state index is 0. The van der Waals surface area contributed by atoms with Gasteiger partial charge in [-0.05, 0) is 56.3 Å². The molecule has 28 heavy (non-hydrogen) atoms. The highest BCUT2D eigenvalue weighted by molar-refractivity contribution is 14.0. The smallest absolute Gasteiger partial charge is 0.191 e. The van der Waals surface area contributed by atoms with Crippen LogP contribution >= 0.6 is 24.0 Å². The fourth-order valence-corrected chi connectivity index (χ4v) is 4.76. The lowest BCUT2D eigenvalue weighted by atomic mass is 9.96. The fourth-order valence-electron chi connectivity index (χ4n) is 4.76. The molecule has 5 nitrogen and oxygen atoms in total. The van der Waals surface area contributed by atoms with Gasteiger partial charge in [0, 0.05) is 20.1 Å². The molecule has 2 bridgehead atoms. The average molecular weight is 498 g/mol. The number of rotatable bonds is 5. The number of hydrogen-bond donors (Lipinski definition) is 2. The van der Waals surface area contributed by atoms with Crippen LogP contribution < -0.4 is 10.6 Å². The van der Waals surface area contributed by atoms with E-state index in [0.717, 1.165) is 25.5 Å². The van der Waals surface area contributed by atoms with Crippen LogP contribution in [-0.2, 0) is 17.8 Å². The highest BCUT2D eigenvalue weighted by Crippen LogP contribution is 2.34. The molecule has 6 heteroatoms. The molecule has 3 fully saturated rings. The Kier molecular flexibility index (Phi) is 8.41. The van der Waals surface area contributed by atoms with Crippen molar-refractivity contribution in [1.82, 2.24) is 15.5 Å². The van der Waals surface area contributed by atoms with Gasteiger partial charge in [0.2, 0.25) is 0 Å². The second-order valence-electron chi connectivity index (χ2n) is 8.25. The molecule has 0 saturated carbocycles. The summed E-state index contributed by atoms with van der Waals surface area (Å²) in [4.78, 5) is 7.05. The summed E-state index contributed by atoms with van der Waals surface area (Å²) in [5, 5.41) is 7.11. The summed E-state index contributed by atoms with van der Waals surface area (Å²) in [6, 6.07) is 9.23. The zero-order valence-corrected chi connectivity index (χ0v) is 19.4. The number of halogens is 1. The van der Waals surface area contributed by atoms with Crippen LogP contribution in [0.25, 0.3) is 0 Å². The standard InChI is InChI=1S/C22H34N4O.HI/c1-23-22(25-20-14-19-10-11-21(20)27-19)24-15-17-8-4-5-9-18(17)16-26-12-6-2-3-7-13-26;/h4-5,8-9,19-21H,2-3,6-7,10-16H2,1H3,(H2,23,24,25);1H. The summed E-state index contributed by atoms with van der Waals surface area (Å²) >= 11 is 0. The van der Waals surface area contributed by atoms with Gasteiger partial charge in [0.15, 0.2) is 5.96 Å². The number of benzene rings is 1. The zero-order chi connectivity index (χ0) is 18.5. The minimum atomic E-state index is 0. The van der Waals surface area contributed by atoms with Gasteiger partial charge in [-0.3, -0.25) is 9.89 Å². The van der Waals surface area contributed by atoms with E-state index >= 15 is 0 Å². The van der Waals surface area contributed by atoms with Gasteiger partial charge in [0.05, 0.1) is 18.2 Å². The highest BCUT2D eigenvalue weighted by atomic mass is 127. The van der Waals surface area contributed by atoms with Gasteiger partial charge < -0.3 is 15.4 Å². The normalized spacial score (nSPS) is 27.9. The molecular weight excluding hydrogens is 463 g/mol. The quantitative estimate of drug-likeness (QED) is 0.370. The van der Waals surface area contributed by atoms with Crippen LogP contribution in [0.5, 0.6) is 0 Å². The van der Waals surface area contributed by atoms with Crippen LogP contribution in [-0.4, -0.2) is 49.2 Å². The summed E-state index contributed by atoms with van der Waals surface area (Å²) < 4.78 is 5.96. The van der Waals surface area contributed by atoms with Crippen LogP contribution in [0.3, 0.4) is 0 Å². The highest BCUT2D eigenvalue weighted by Gasteiger charge is 2.41. The van der Waals surface area contributed by atoms with Crippen LogP contribution in [0.15, 0.2) is 29.3 Å². The Bertz CT molecular complexity index is 645. The van der Waals surface area contributed by atoms with Crippen LogP contribution in [0.2, 0.25) is 0 Å². The number of aliphatic imine (C=N–C) groups is 1. The van der Waals surface area contributed by atoms with E-state index < -0.39 is 0 Å². The Balaban J connectivity index is 0.00000225. The summed E-state index contributed by atoms with van der Waals surface area (Å²) in [7, 11) is 1.85. The molecular formula is C22H35IN4O. The molecule has 0 aromatic heterocycles. The Morgan fingerprint density at radius 3 is 2.50 bits per heavy atom. The van der Waals surface area contributed by atoms with Gasteiger partial charge in [-0.15, -0.1) is 24.0 Å². The van der Waals surface area contributed by atoms with Crippen LogP contribution in [0.4, 0.5) is 0 Å². The molecule has 1 aromatic carbocycles. The number of hydrogen-bond acceptors (Lipinski definition) is 3. The lowest BCUT2D eigenvalue weighted by Gasteiger charge is -2.24. The summed E-state index contributed by atoms with van der Waals surface area (Å²) in [6.07, 6.45) is 9.77. The fraction of sp³-hybridized carbons (Fsp3) is 0.682. The molecule has 3 heterocycles. The van der Waals surface area contributed by atoms with Gasteiger partial charge in [0.1, 0.15) is 0 Å². The maximum atomic E-state index is 5.96. The topological polar surface area (TPSA) is 48.9 Å². The summed E-state index contributed by atoms with van der Waals surface area (Å²) in [6.45, 7) is 4.33. The number of fused-ring (bicyclic) bond motifs is 2. The van der Waals surface area contributed by atoms with Gasteiger partial charge >= 0.3 is 0 Å². The SMILES string of the molecule is CN=C(NCc1ccccc1CN1CCCCCC1)NC1CC2CCC1O2.I. The second-order valence-corrected chi connectivity index (χ2v) is 8.25. The van der Waals surface area contributed by atoms with Crippen LogP contribution in [0, 0.1) is 0 Å². The van der Waals surface area contributed by atoms with Crippen molar-refractivity contribution in [3.05, 3.63) is 35.4 Å². The number of nitrogens with zero attached hydrogens (tertiary/aromatic N) is 2. The molecule has 0 radical (unpaired) electrons. The van der Waals surface area contributed by atoms with E-state index in [0.29, 0.717) is 18.2 Å². The first kappa shape index (κ1) is 21.8. The molecule has 3 atom stereocenters. The molecule has 3 aliphatic rings. The van der Waals surface area contributed by atoms with Crippen molar-refractivity contribution >= 4 is 29.9 Å². The van der Waals surface area contributed by atoms with Crippen molar-refractivity contribution in [2.24, 2.45) is 4.99 Å². The van der Waals surface area contributed by atoms with E-state index in [1.807, 2.05) is 7.05 Å².